The summed E-state index contributed by atoms with van der Waals surface area (Å²) in [4.78, 5) is 24.3. The standard InChI is InChI=1S/C21H22N4O2/c1-16-6-5-9-18(14-16)21(27)22-12-11-20(26)24-19-10-13-23-25(19)15-17-7-3-2-4-8-17/h2-10,13-14H,11-12,15H2,1H3,(H,22,27)(H,24,26). The van der Waals surface area contributed by atoms with E-state index in [0.717, 1.165) is 11.1 Å². The second-order valence-electron chi connectivity index (χ2n) is 6.28. The number of rotatable bonds is 7. The van der Waals surface area contributed by atoms with Gasteiger partial charge in [-0.1, -0.05) is 48.0 Å². The number of amides is 2. The van der Waals surface area contributed by atoms with Crippen molar-refractivity contribution in [3.8, 4) is 0 Å². The molecule has 0 spiro atoms. The first-order valence-corrected chi connectivity index (χ1v) is 8.82. The molecule has 0 bridgehead atoms. The van der Waals surface area contributed by atoms with Crippen molar-refractivity contribution in [2.24, 2.45) is 0 Å². The van der Waals surface area contributed by atoms with Crippen LogP contribution in [0.15, 0.2) is 66.9 Å². The average molecular weight is 362 g/mol. The van der Waals surface area contributed by atoms with Crippen LogP contribution in [0.4, 0.5) is 5.82 Å². The van der Waals surface area contributed by atoms with E-state index in [1.807, 2.05) is 55.5 Å². The number of aryl methyl sites for hydroxylation is 1. The fraction of sp³-hybridized carbons (Fsp3) is 0.190. The molecule has 6 heteroatoms. The lowest BCUT2D eigenvalue weighted by Crippen LogP contribution is -2.28. The van der Waals surface area contributed by atoms with Crippen LogP contribution in [0.25, 0.3) is 0 Å². The van der Waals surface area contributed by atoms with Gasteiger partial charge in [0.05, 0.1) is 12.7 Å². The van der Waals surface area contributed by atoms with Crippen molar-refractivity contribution in [2.75, 3.05) is 11.9 Å². The van der Waals surface area contributed by atoms with Crippen molar-refractivity contribution in [1.82, 2.24) is 15.1 Å². The fourth-order valence-electron chi connectivity index (χ4n) is 2.70. The van der Waals surface area contributed by atoms with E-state index in [1.165, 1.54) is 0 Å². The van der Waals surface area contributed by atoms with E-state index in [0.29, 0.717) is 17.9 Å². The Bertz CT molecular complexity index is 919. The summed E-state index contributed by atoms with van der Waals surface area (Å²) < 4.78 is 1.73. The molecule has 2 N–H and O–H groups in total. The van der Waals surface area contributed by atoms with Crippen molar-refractivity contribution >= 4 is 17.6 Å². The first-order valence-electron chi connectivity index (χ1n) is 8.82. The summed E-state index contributed by atoms with van der Waals surface area (Å²) in [6, 6.07) is 19.0. The molecule has 0 radical (unpaired) electrons. The minimum atomic E-state index is -0.180. The highest BCUT2D eigenvalue weighted by molar-refractivity contribution is 5.95. The normalized spacial score (nSPS) is 10.4. The van der Waals surface area contributed by atoms with Crippen LogP contribution >= 0.6 is 0 Å². The third-order valence-electron chi connectivity index (χ3n) is 4.08. The molecular formula is C21H22N4O2. The number of nitrogens with zero attached hydrogens (tertiary/aromatic N) is 2. The lowest BCUT2D eigenvalue weighted by molar-refractivity contribution is -0.116. The zero-order chi connectivity index (χ0) is 19.1. The van der Waals surface area contributed by atoms with Crippen LogP contribution in [0.2, 0.25) is 0 Å². The van der Waals surface area contributed by atoms with Gasteiger partial charge in [0.2, 0.25) is 5.91 Å². The lowest BCUT2D eigenvalue weighted by Gasteiger charge is -2.10. The zero-order valence-electron chi connectivity index (χ0n) is 15.2. The highest BCUT2D eigenvalue weighted by Gasteiger charge is 2.09. The largest absolute Gasteiger partial charge is 0.352 e. The maximum Gasteiger partial charge on any atom is 0.251 e. The molecule has 0 unspecified atom stereocenters. The summed E-state index contributed by atoms with van der Waals surface area (Å²) in [5, 5.41) is 9.87. The Labute approximate surface area is 158 Å². The Hall–Kier alpha value is -3.41. The quantitative estimate of drug-likeness (QED) is 0.678. The summed E-state index contributed by atoms with van der Waals surface area (Å²) in [5.74, 6) is 0.281. The van der Waals surface area contributed by atoms with E-state index in [2.05, 4.69) is 15.7 Å². The molecule has 0 saturated carbocycles. The van der Waals surface area contributed by atoms with Crippen molar-refractivity contribution in [1.29, 1.82) is 0 Å². The Morgan fingerprint density at radius 1 is 1.04 bits per heavy atom. The molecule has 0 atom stereocenters. The number of anilines is 1. The fourth-order valence-corrected chi connectivity index (χ4v) is 2.70. The number of carbonyl (C=O) groups is 2. The van der Waals surface area contributed by atoms with Gasteiger partial charge in [0.25, 0.3) is 5.91 Å². The highest BCUT2D eigenvalue weighted by atomic mass is 16.2. The van der Waals surface area contributed by atoms with E-state index in [4.69, 9.17) is 0 Å². The van der Waals surface area contributed by atoms with Crippen LogP contribution < -0.4 is 10.6 Å². The van der Waals surface area contributed by atoms with E-state index in [1.54, 1.807) is 23.0 Å². The molecule has 6 nitrogen and oxygen atoms in total. The number of nitrogens with one attached hydrogen (secondary N) is 2. The van der Waals surface area contributed by atoms with Crippen LogP contribution in [0, 0.1) is 6.92 Å². The van der Waals surface area contributed by atoms with Gasteiger partial charge >= 0.3 is 0 Å². The topological polar surface area (TPSA) is 76.0 Å². The molecule has 0 fully saturated rings. The SMILES string of the molecule is Cc1cccc(C(=O)NCCC(=O)Nc2ccnn2Cc2ccccc2)c1. The number of carbonyl (C=O) groups excluding carboxylic acids is 2. The number of benzene rings is 2. The van der Waals surface area contributed by atoms with Crippen molar-refractivity contribution in [2.45, 2.75) is 19.9 Å². The van der Waals surface area contributed by atoms with Gasteiger partial charge in [-0.2, -0.15) is 5.10 Å². The molecule has 0 aliphatic carbocycles. The molecule has 1 heterocycles. The van der Waals surface area contributed by atoms with Crippen molar-refractivity contribution in [3.63, 3.8) is 0 Å². The molecular weight excluding hydrogens is 340 g/mol. The van der Waals surface area contributed by atoms with Crippen LogP contribution in [-0.2, 0) is 11.3 Å². The average Bonchev–Trinajstić information content (AvgIpc) is 3.09. The van der Waals surface area contributed by atoms with Crippen LogP contribution in [0.5, 0.6) is 0 Å². The second-order valence-corrected chi connectivity index (χ2v) is 6.28. The Balaban J connectivity index is 1.49. The Morgan fingerprint density at radius 3 is 2.63 bits per heavy atom. The number of hydrogen-bond acceptors (Lipinski definition) is 3. The second kappa shape index (κ2) is 8.80. The van der Waals surface area contributed by atoms with E-state index >= 15 is 0 Å². The first-order chi connectivity index (χ1) is 13.1. The molecule has 0 saturated heterocycles. The van der Waals surface area contributed by atoms with Crippen LogP contribution in [0.1, 0.15) is 27.9 Å². The van der Waals surface area contributed by atoms with Gasteiger partial charge < -0.3 is 10.6 Å². The molecule has 3 rings (SSSR count). The molecule has 2 aromatic carbocycles. The van der Waals surface area contributed by atoms with Crippen LogP contribution in [0.3, 0.4) is 0 Å². The van der Waals surface area contributed by atoms with E-state index in [-0.39, 0.29) is 24.8 Å². The summed E-state index contributed by atoms with van der Waals surface area (Å²) in [6.07, 6.45) is 1.84. The van der Waals surface area contributed by atoms with E-state index < -0.39 is 0 Å². The van der Waals surface area contributed by atoms with Gasteiger partial charge in [-0.15, -0.1) is 0 Å². The van der Waals surface area contributed by atoms with Gasteiger partial charge in [0.15, 0.2) is 0 Å². The predicted octanol–water partition coefficient (Wildman–Crippen LogP) is 3.00. The summed E-state index contributed by atoms with van der Waals surface area (Å²) in [5.41, 5.74) is 2.71. The number of hydrogen-bond donors (Lipinski definition) is 2. The van der Waals surface area contributed by atoms with Gasteiger partial charge in [0.1, 0.15) is 5.82 Å². The van der Waals surface area contributed by atoms with Crippen molar-refractivity contribution < 1.29 is 9.59 Å². The highest BCUT2D eigenvalue weighted by Crippen LogP contribution is 2.10. The van der Waals surface area contributed by atoms with E-state index in [9.17, 15) is 9.59 Å². The minimum Gasteiger partial charge on any atom is -0.352 e. The Morgan fingerprint density at radius 2 is 1.85 bits per heavy atom. The summed E-state index contributed by atoms with van der Waals surface area (Å²) in [7, 11) is 0. The Kier molecular flexibility index (Phi) is 5.99. The predicted molar refractivity (Wildman–Crippen MR) is 105 cm³/mol. The maximum atomic E-state index is 12.2. The molecule has 27 heavy (non-hydrogen) atoms. The monoisotopic (exact) mass is 362 g/mol. The van der Waals surface area contributed by atoms with Crippen LogP contribution in [-0.4, -0.2) is 28.1 Å². The molecule has 2 amide bonds. The molecule has 0 aliphatic heterocycles. The van der Waals surface area contributed by atoms with Gasteiger partial charge in [0, 0.05) is 24.6 Å². The van der Waals surface area contributed by atoms with Gasteiger partial charge in [-0.05, 0) is 24.6 Å². The molecule has 1 aromatic heterocycles. The van der Waals surface area contributed by atoms with Crippen molar-refractivity contribution in [3.05, 3.63) is 83.6 Å². The molecule has 3 aromatic rings. The summed E-state index contributed by atoms with van der Waals surface area (Å²) >= 11 is 0. The first kappa shape index (κ1) is 18.4. The maximum absolute atomic E-state index is 12.2. The van der Waals surface area contributed by atoms with Gasteiger partial charge in [-0.3, -0.25) is 9.59 Å². The zero-order valence-corrected chi connectivity index (χ0v) is 15.2. The smallest absolute Gasteiger partial charge is 0.251 e. The molecule has 0 aliphatic rings. The molecule has 138 valence electrons. The third-order valence-corrected chi connectivity index (χ3v) is 4.08. The van der Waals surface area contributed by atoms with Gasteiger partial charge in [-0.25, -0.2) is 4.68 Å². The lowest BCUT2D eigenvalue weighted by atomic mass is 10.1. The third kappa shape index (κ3) is 5.28. The minimum absolute atomic E-state index is 0.172. The number of aromatic nitrogens is 2. The summed E-state index contributed by atoms with van der Waals surface area (Å²) in [6.45, 7) is 2.78.